The van der Waals surface area contributed by atoms with Crippen LogP contribution in [0.25, 0.3) is 5.52 Å². The molecule has 1 saturated heterocycles. The molecule has 2 N–H and O–H groups in total. The summed E-state index contributed by atoms with van der Waals surface area (Å²) in [6, 6.07) is 5.71. The van der Waals surface area contributed by atoms with Gasteiger partial charge in [0.1, 0.15) is 5.82 Å². The molecule has 0 saturated carbocycles. The molecular weight excluding hydrogens is 254 g/mol. The van der Waals surface area contributed by atoms with Crippen LogP contribution in [0.15, 0.2) is 18.2 Å². The largest absolute Gasteiger partial charge is 0.476 e. The van der Waals surface area contributed by atoms with Crippen LogP contribution < -0.4 is 5.32 Å². The molecule has 0 amide bonds. The molecule has 1 aliphatic rings. The van der Waals surface area contributed by atoms with Crippen molar-refractivity contribution in [2.45, 2.75) is 32.1 Å². The van der Waals surface area contributed by atoms with Crippen LogP contribution in [0.5, 0.6) is 0 Å². The van der Waals surface area contributed by atoms with Crippen molar-refractivity contribution in [3.8, 4) is 0 Å². The summed E-state index contributed by atoms with van der Waals surface area (Å²) in [6.07, 6.45) is 3.38. The van der Waals surface area contributed by atoms with E-state index in [9.17, 15) is 9.90 Å². The Labute approximate surface area is 117 Å². The Hall–Kier alpha value is -1.88. The number of imidazole rings is 1. The van der Waals surface area contributed by atoms with E-state index >= 15 is 0 Å². The van der Waals surface area contributed by atoms with Gasteiger partial charge in [0.25, 0.3) is 0 Å². The van der Waals surface area contributed by atoms with E-state index in [-0.39, 0.29) is 11.6 Å². The minimum Gasteiger partial charge on any atom is -0.476 e. The van der Waals surface area contributed by atoms with Gasteiger partial charge in [-0.25, -0.2) is 9.78 Å². The number of aryl methyl sites for hydroxylation is 1. The van der Waals surface area contributed by atoms with Crippen LogP contribution >= 0.6 is 0 Å². The molecule has 5 nitrogen and oxygen atoms in total. The quantitative estimate of drug-likeness (QED) is 0.880. The summed E-state index contributed by atoms with van der Waals surface area (Å²) in [5, 5.41) is 12.8. The Morgan fingerprint density at radius 3 is 3.10 bits per heavy atom. The molecule has 3 rings (SSSR count). The first-order chi connectivity index (χ1) is 9.68. The Bertz CT molecular complexity index is 640. The number of fused-ring (bicyclic) bond motifs is 1. The summed E-state index contributed by atoms with van der Waals surface area (Å²) in [5.74, 6) is 0.199. The molecule has 0 aliphatic carbocycles. The lowest BCUT2D eigenvalue weighted by Gasteiger charge is -2.14. The van der Waals surface area contributed by atoms with Crippen molar-refractivity contribution in [1.82, 2.24) is 14.7 Å². The lowest BCUT2D eigenvalue weighted by molar-refractivity contribution is 0.0693. The maximum Gasteiger partial charge on any atom is 0.356 e. The highest BCUT2D eigenvalue weighted by molar-refractivity contribution is 5.93. The average Bonchev–Trinajstić information content (AvgIpc) is 2.63. The van der Waals surface area contributed by atoms with E-state index in [0.29, 0.717) is 5.52 Å². The molecule has 0 bridgehead atoms. The number of nitrogens with one attached hydrogen (secondary N) is 1. The first-order valence-electron chi connectivity index (χ1n) is 7.10. The normalized spacial score (nSPS) is 19.9. The van der Waals surface area contributed by atoms with Gasteiger partial charge in [0.05, 0.1) is 5.52 Å². The Morgan fingerprint density at radius 2 is 2.30 bits per heavy atom. The molecule has 106 valence electrons. The minimum absolute atomic E-state index is 0.160. The molecule has 2 aromatic heterocycles. The summed E-state index contributed by atoms with van der Waals surface area (Å²) in [7, 11) is 0. The number of rotatable bonds is 2. The predicted molar refractivity (Wildman–Crippen MR) is 76.4 cm³/mol. The molecule has 1 unspecified atom stereocenters. The summed E-state index contributed by atoms with van der Waals surface area (Å²) in [6.45, 7) is 3.89. The van der Waals surface area contributed by atoms with Crippen LogP contribution in [0, 0.1) is 6.92 Å². The molecule has 3 heterocycles. The van der Waals surface area contributed by atoms with Crippen molar-refractivity contribution < 1.29 is 9.90 Å². The van der Waals surface area contributed by atoms with E-state index in [2.05, 4.69) is 10.3 Å². The van der Waals surface area contributed by atoms with Gasteiger partial charge >= 0.3 is 5.97 Å². The smallest absolute Gasteiger partial charge is 0.356 e. The van der Waals surface area contributed by atoms with Crippen molar-refractivity contribution in [2.75, 3.05) is 13.1 Å². The molecule has 1 aliphatic heterocycles. The fourth-order valence-corrected chi connectivity index (χ4v) is 3.00. The number of hydrogen-bond donors (Lipinski definition) is 2. The van der Waals surface area contributed by atoms with E-state index in [0.717, 1.165) is 37.4 Å². The van der Waals surface area contributed by atoms with Crippen LogP contribution in [0.2, 0.25) is 0 Å². The van der Waals surface area contributed by atoms with Gasteiger partial charge in [-0.3, -0.25) is 4.40 Å². The minimum atomic E-state index is -0.957. The second kappa shape index (κ2) is 5.25. The number of carbonyl (C=O) groups is 1. The van der Waals surface area contributed by atoms with Gasteiger partial charge in [-0.1, -0.05) is 12.5 Å². The van der Waals surface area contributed by atoms with Crippen LogP contribution in [0.4, 0.5) is 0 Å². The summed E-state index contributed by atoms with van der Waals surface area (Å²) < 4.78 is 2.00. The molecule has 1 atom stereocenters. The number of nitrogens with zero attached hydrogens (tertiary/aromatic N) is 2. The Morgan fingerprint density at radius 1 is 1.45 bits per heavy atom. The average molecular weight is 273 g/mol. The molecule has 20 heavy (non-hydrogen) atoms. The van der Waals surface area contributed by atoms with Gasteiger partial charge in [0.15, 0.2) is 5.69 Å². The van der Waals surface area contributed by atoms with E-state index < -0.39 is 5.97 Å². The lowest BCUT2D eigenvalue weighted by atomic mass is 10.0. The first kappa shape index (κ1) is 13.1. The highest BCUT2D eigenvalue weighted by Crippen LogP contribution is 2.26. The molecular formula is C15H19N3O2. The third-order valence-electron chi connectivity index (χ3n) is 4.00. The fraction of sp³-hybridized carbons (Fsp3) is 0.467. The van der Waals surface area contributed by atoms with Crippen molar-refractivity contribution in [3.63, 3.8) is 0 Å². The number of carboxylic acids is 1. The molecule has 5 heteroatoms. The zero-order valence-corrected chi connectivity index (χ0v) is 11.6. The third-order valence-corrected chi connectivity index (χ3v) is 4.00. The Kier molecular flexibility index (Phi) is 3.44. The maximum atomic E-state index is 11.4. The van der Waals surface area contributed by atoms with Crippen molar-refractivity contribution >= 4 is 11.5 Å². The van der Waals surface area contributed by atoms with Gasteiger partial charge in [-0.05, 0) is 38.4 Å². The molecule has 1 fully saturated rings. The topological polar surface area (TPSA) is 66.6 Å². The van der Waals surface area contributed by atoms with E-state index in [1.807, 2.05) is 29.5 Å². The summed E-state index contributed by atoms with van der Waals surface area (Å²) >= 11 is 0. The van der Waals surface area contributed by atoms with E-state index in [1.165, 1.54) is 6.42 Å². The third kappa shape index (κ3) is 2.18. The Balaban J connectivity index is 2.16. The van der Waals surface area contributed by atoms with Gasteiger partial charge in [-0.15, -0.1) is 0 Å². The second-order valence-electron chi connectivity index (χ2n) is 5.41. The number of carboxylic acid groups (broad SMARTS) is 1. The van der Waals surface area contributed by atoms with Crippen molar-refractivity contribution in [2.24, 2.45) is 0 Å². The van der Waals surface area contributed by atoms with Gasteiger partial charge in [-0.2, -0.15) is 0 Å². The molecule has 0 aromatic carbocycles. The number of hydrogen-bond acceptors (Lipinski definition) is 3. The number of pyridine rings is 1. The van der Waals surface area contributed by atoms with E-state index in [4.69, 9.17) is 0 Å². The van der Waals surface area contributed by atoms with Crippen LogP contribution in [-0.2, 0) is 0 Å². The van der Waals surface area contributed by atoms with Crippen LogP contribution in [0.3, 0.4) is 0 Å². The SMILES string of the molecule is Cc1cccc2c(C(=O)O)nc(C3CCCCNC3)n12. The van der Waals surface area contributed by atoms with E-state index in [1.54, 1.807) is 0 Å². The molecule has 2 aromatic rings. The highest BCUT2D eigenvalue weighted by Gasteiger charge is 2.24. The summed E-state index contributed by atoms with van der Waals surface area (Å²) in [5.41, 5.74) is 1.88. The van der Waals surface area contributed by atoms with Crippen molar-refractivity contribution in [1.29, 1.82) is 0 Å². The monoisotopic (exact) mass is 273 g/mol. The number of aromatic nitrogens is 2. The highest BCUT2D eigenvalue weighted by atomic mass is 16.4. The zero-order valence-electron chi connectivity index (χ0n) is 11.6. The predicted octanol–water partition coefficient (Wildman–Crippen LogP) is 2.20. The molecule has 0 radical (unpaired) electrons. The van der Waals surface area contributed by atoms with Gasteiger partial charge in [0, 0.05) is 18.2 Å². The summed E-state index contributed by atoms with van der Waals surface area (Å²) in [4.78, 5) is 15.8. The van der Waals surface area contributed by atoms with Crippen LogP contribution in [-0.4, -0.2) is 33.6 Å². The van der Waals surface area contributed by atoms with Gasteiger partial charge < -0.3 is 10.4 Å². The van der Waals surface area contributed by atoms with Crippen molar-refractivity contribution in [3.05, 3.63) is 35.4 Å². The first-order valence-corrected chi connectivity index (χ1v) is 7.10. The molecule has 0 spiro atoms. The lowest BCUT2D eigenvalue weighted by Crippen LogP contribution is -2.21. The fourth-order valence-electron chi connectivity index (χ4n) is 3.00. The number of aromatic carboxylic acids is 1. The van der Waals surface area contributed by atoms with Gasteiger partial charge in [0.2, 0.25) is 0 Å². The maximum absolute atomic E-state index is 11.4. The second-order valence-corrected chi connectivity index (χ2v) is 5.41. The van der Waals surface area contributed by atoms with Crippen LogP contribution in [0.1, 0.15) is 47.2 Å². The zero-order chi connectivity index (χ0) is 14.1. The standard InChI is InChI=1S/C15H19N3O2/c1-10-5-4-7-12-13(15(19)20)17-14(18(10)12)11-6-2-3-8-16-9-11/h4-5,7,11,16H,2-3,6,8-9H2,1H3,(H,19,20).